The lowest BCUT2D eigenvalue weighted by molar-refractivity contribution is 0.243. The molecular formula is C14H18. The molecule has 6 atom stereocenters. The summed E-state index contributed by atoms with van der Waals surface area (Å²) in [5.74, 6) is 6.17. The summed E-state index contributed by atoms with van der Waals surface area (Å²) in [6, 6.07) is 0. The predicted molar refractivity (Wildman–Crippen MR) is 57.7 cm³/mol. The van der Waals surface area contributed by atoms with Crippen LogP contribution in [0.5, 0.6) is 0 Å². The molecule has 0 amide bonds. The Morgan fingerprint density at radius 2 is 1.93 bits per heavy atom. The highest BCUT2D eigenvalue weighted by molar-refractivity contribution is 5.28. The molecule has 4 aliphatic carbocycles. The molecule has 0 nitrogen and oxygen atoms in total. The fourth-order valence-corrected chi connectivity index (χ4v) is 5.17. The molecule has 0 aromatic rings. The van der Waals surface area contributed by atoms with E-state index in [-0.39, 0.29) is 0 Å². The summed E-state index contributed by atoms with van der Waals surface area (Å²) >= 11 is 0. The molecule has 0 aliphatic heterocycles. The van der Waals surface area contributed by atoms with Crippen molar-refractivity contribution in [3.8, 4) is 0 Å². The summed E-state index contributed by atoms with van der Waals surface area (Å²) in [6.07, 6.45) is 11.9. The first kappa shape index (κ1) is 7.73. The highest BCUT2D eigenvalue weighted by Gasteiger charge is 2.59. The zero-order chi connectivity index (χ0) is 9.28. The van der Waals surface area contributed by atoms with Crippen LogP contribution in [-0.2, 0) is 0 Å². The molecule has 4 aliphatic rings. The van der Waals surface area contributed by atoms with Crippen molar-refractivity contribution < 1.29 is 0 Å². The van der Waals surface area contributed by atoms with E-state index in [1.807, 2.05) is 0 Å². The van der Waals surface area contributed by atoms with Gasteiger partial charge in [0.1, 0.15) is 0 Å². The van der Waals surface area contributed by atoms with Gasteiger partial charge in [-0.2, -0.15) is 0 Å². The largest absolute Gasteiger partial charge is 0.0882 e. The van der Waals surface area contributed by atoms with E-state index in [4.69, 9.17) is 0 Å². The van der Waals surface area contributed by atoms with E-state index in [9.17, 15) is 0 Å². The van der Waals surface area contributed by atoms with E-state index in [0.29, 0.717) is 0 Å². The van der Waals surface area contributed by atoms with Crippen molar-refractivity contribution in [3.63, 3.8) is 0 Å². The first-order valence-corrected chi connectivity index (χ1v) is 6.22. The summed E-state index contributed by atoms with van der Waals surface area (Å²) in [7, 11) is 0. The summed E-state index contributed by atoms with van der Waals surface area (Å²) in [6.45, 7) is 2.24. The molecule has 0 aromatic carbocycles. The van der Waals surface area contributed by atoms with Crippen molar-refractivity contribution in [2.45, 2.75) is 26.2 Å². The molecular weight excluding hydrogens is 168 g/mol. The molecule has 0 spiro atoms. The molecule has 74 valence electrons. The van der Waals surface area contributed by atoms with Gasteiger partial charge in [0, 0.05) is 0 Å². The maximum Gasteiger partial charge on any atom is -0.0163 e. The fourth-order valence-electron chi connectivity index (χ4n) is 5.17. The van der Waals surface area contributed by atoms with Gasteiger partial charge in [-0.25, -0.2) is 0 Å². The van der Waals surface area contributed by atoms with E-state index in [0.717, 1.165) is 35.5 Å². The lowest BCUT2D eigenvalue weighted by Gasteiger charge is -2.33. The van der Waals surface area contributed by atoms with E-state index < -0.39 is 0 Å². The highest BCUT2D eigenvalue weighted by Crippen LogP contribution is 2.66. The third kappa shape index (κ3) is 0.699. The lowest BCUT2D eigenvalue weighted by atomic mass is 9.71. The molecule has 6 unspecified atom stereocenters. The number of allylic oxidation sites excluding steroid dienone is 4. The van der Waals surface area contributed by atoms with E-state index in [1.54, 1.807) is 5.57 Å². The van der Waals surface area contributed by atoms with Gasteiger partial charge in [0.05, 0.1) is 0 Å². The van der Waals surface area contributed by atoms with Gasteiger partial charge in [-0.3, -0.25) is 0 Å². The number of fused-ring (bicyclic) bond motifs is 9. The monoisotopic (exact) mass is 186 g/mol. The Morgan fingerprint density at radius 1 is 1.14 bits per heavy atom. The number of hydrogen-bond donors (Lipinski definition) is 0. The fraction of sp³-hybridized carbons (Fsp3) is 0.714. The van der Waals surface area contributed by atoms with Crippen molar-refractivity contribution in [1.82, 2.24) is 0 Å². The zero-order valence-electron chi connectivity index (χ0n) is 8.82. The third-order valence-electron chi connectivity index (χ3n) is 5.49. The average Bonchev–Trinajstić information content (AvgIpc) is 2.94. The van der Waals surface area contributed by atoms with Gasteiger partial charge in [-0.05, 0) is 61.7 Å². The van der Waals surface area contributed by atoms with Crippen molar-refractivity contribution in [1.29, 1.82) is 0 Å². The van der Waals surface area contributed by atoms with Crippen LogP contribution in [0, 0.1) is 35.5 Å². The van der Waals surface area contributed by atoms with Crippen LogP contribution in [0.15, 0.2) is 23.8 Å². The molecule has 4 bridgehead atoms. The molecule has 4 rings (SSSR count). The van der Waals surface area contributed by atoms with Crippen LogP contribution in [-0.4, -0.2) is 0 Å². The lowest BCUT2D eigenvalue weighted by Crippen LogP contribution is -2.26. The molecule has 14 heavy (non-hydrogen) atoms. The van der Waals surface area contributed by atoms with E-state index >= 15 is 0 Å². The smallest absolute Gasteiger partial charge is 0.0163 e. The zero-order valence-corrected chi connectivity index (χ0v) is 8.82. The Morgan fingerprint density at radius 3 is 2.71 bits per heavy atom. The number of rotatable bonds is 0. The predicted octanol–water partition coefficient (Wildman–Crippen LogP) is 3.41. The van der Waals surface area contributed by atoms with Gasteiger partial charge < -0.3 is 0 Å². The van der Waals surface area contributed by atoms with E-state index in [2.05, 4.69) is 25.2 Å². The number of hydrogen-bond acceptors (Lipinski definition) is 0. The molecule has 0 heteroatoms. The van der Waals surface area contributed by atoms with Gasteiger partial charge in [-0.1, -0.05) is 23.8 Å². The van der Waals surface area contributed by atoms with Gasteiger partial charge in [-0.15, -0.1) is 0 Å². The van der Waals surface area contributed by atoms with Gasteiger partial charge in [0.2, 0.25) is 0 Å². The van der Waals surface area contributed by atoms with Crippen LogP contribution in [0.2, 0.25) is 0 Å². The molecule has 0 aromatic heterocycles. The second-order valence-corrected chi connectivity index (χ2v) is 5.77. The first-order chi connectivity index (χ1) is 6.88. The summed E-state index contributed by atoms with van der Waals surface area (Å²) in [4.78, 5) is 0. The van der Waals surface area contributed by atoms with Crippen LogP contribution >= 0.6 is 0 Å². The topological polar surface area (TPSA) is 0 Å². The van der Waals surface area contributed by atoms with Crippen LogP contribution in [0.4, 0.5) is 0 Å². The van der Waals surface area contributed by atoms with E-state index in [1.165, 1.54) is 19.3 Å². The SMILES string of the molecule is C/C=C1\CC2CC1C1C3C=CC(C3)C21. The standard InChI is InChI=1S/C14H18/c1-2-8-5-11-7-12(8)14-10-4-3-9(6-10)13(11)14/h2-4,9-14H,5-7H2,1H3/b8-2+. The Bertz CT molecular complexity index is 336. The molecule has 0 radical (unpaired) electrons. The van der Waals surface area contributed by atoms with Crippen molar-refractivity contribution in [2.75, 3.05) is 0 Å². The normalized spacial score (nSPS) is 60.2. The van der Waals surface area contributed by atoms with Crippen LogP contribution < -0.4 is 0 Å². The van der Waals surface area contributed by atoms with Crippen molar-refractivity contribution >= 4 is 0 Å². The van der Waals surface area contributed by atoms with Crippen LogP contribution in [0.1, 0.15) is 26.2 Å². The van der Waals surface area contributed by atoms with Gasteiger partial charge >= 0.3 is 0 Å². The minimum absolute atomic E-state index is 0.968. The minimum Gasteiger partial charge on any atom is -0.0882 e. The molecule has 0 saturated heterocycles. The summed E-state index contributed by atoms with van der Waals surface area (Å²) in [5, 5.41) is 0. The van der Waals surface area contributed by atoms with Crippen LogP contribution in [0.25, 0.3) is 0 Å². The van der Waals surface area contributed by atoms with Crippen molar-refractivity contribution in [2.24, 2.45) is 35.5 Å². The third-order valence-corrected chi connectivity index (χ3v) is 5.49. The first-order valence-electron chi connectivity index (χ1n) is 6.22. The Balaban J connectivity index is 1.78. The average molecular weight is 186 g/mol. The molecule has 3 fully saturated rings. The Labute approximate surface area is 86.1 Å². The molecule has 0 heterocycles. The maximum absolute atomic E-state index is 2.53. The van der Waals surface area contributed by atoms with Gasteiger partial charge in [0.25, 0.3) is 0 Å². The van der Waals surface area contributed by atoms with Crippen LogP contribution in [0.3, 0.4) is 0 Å². The minimum atomic E-state index is 0.968. The molecule has 3 saturated carbocycles. The maximum atomic E-state index is 2.53. The van der Waals surface area contributed by atoms with Crippen molar-refractivity contribution in [3.05, 3.63) is 23.8 Å². The second-order valence-electron chi connectivity index (χ2n) is 5.77. The Kier molecular flexibility index (Phi) is 1.30. The molecule has 0 N–H and O–H groups in total. The Hall–Kier alpha value is -0.520. The summed E-state index contributed by atoms with van der Waals surface area (Å²) < 4.78 is 0. The summed E-state index contributed by atoms with van der Waals surface area (Å²) in [5.41, 5.74) is 1.80. The second kappa shape index (κ2) is 2.35. The van der Waals surface area contributed by atoms with Gasteiger partial charge in [0.15, 0.2) is 0 Å². The highest BCUT2D eigenvalue weighted by atomic mass is 14.6. The quantitative estimate of drug-likeness (QED) is 0.402.